The van der Waals surface area contributed by atoms with Crippen molar-refractivity contribution in [1.29, 1.82) is 0 Å². The molecule has 0 aromatic carbocycles. The molecule has 0 aromatic rings. The molecule has 7 heavy (non-hydrogen) atoms. The molecular weight excluding hydrogens is 142 g/mol. The van der Waals surface area contributed by atoms with Gasteiger partial charge in [-0.2, -0.15) is 0 Å². The van der Waals surface area contributed by atoms with Crippen molar-refractivity contribution in [2.45, 2.75) is 6.92 Å². The summed E-state index contributed by atoms with van der Waals surface area (Å²) in [6, 6.07) is 0. The molecule has 0 saturated heterocycles. The van der Waals surface area contributed by atoms with Gasteiger partial charge in [-0.05, 0) is 0 Å². The van der Waals surface area contributed by atoms with Gasteiger partial charge >= 0.3 is 59.0 Å². The van der Waals surface area contributed by atoms with E-state index in [0.29, 0.717) is 0 Å². The topological polar surface area (TPSA) is 57.5 Å². The Bertz CT molecular complexity index is 77.0. The van der Waals surface area contributed by atoms with E-state index in [9.17, 15) is 4.57 Å². The van der Waals surface area contributed by atoms with E-state index in [-0.39, 0.29) is 57.5 Å². The predicted octanol–water partition coefficient (Wildman–Crippen LogP) is -0.465. The van der Waals surface area contributed by atoms with Crippen LogP contribution in [0.25, 0.3) is 0 Å². The number of hydrogen-bond donors (Lipinski definition) is 2. The Hall–Kier alpha value is 1.79. The van der Waals surface area contributed by atoms with Crippen molar-refractivity contribution in [3.05, 3.63) is 0 Å². The van der Waals surface area contributed by atoms with E-state index in [1.807, 2.05) is 0 Å². The standard InChI is InChI=1S/C2H7O3P.K.H/c1-2-6(3,4)5;;/h2H2,1H3,(H2,3,4,5);;. The summed E-state index contributed by atoms with van der Waals surface area (Å²) in [4.78, 5) is 15.9. The Morgan fingerprint density at radius 3 is 1.71 bits per heavy atom. The van der Waals surface area contributed by atoms with Gasteiger partial charge in [0.2, 0.25) is 0 Å². The molecule has 2 N–H and O–H groups in total. The third kappa shape index (κ3) is 11.4. The summed E-state index contributed by atoms with van der Waals surface area (Å²) in [6.45, 7) is 1.45. The second kappa shape index (κ2) is 4.65. The summed E-state index contributed by atoms with van der Waals surface area (Å²) in [6.07, 6.45) is -0.0625. The van der Waals surface area contributed by atoms with Gasteiger partial charge in [0.25, 0.3) is 0 Å². The zero-order valence-electron chi connectivity index (χ0n) is 3.46. The molecule has 3 nitrogen and oxygen atoms in total. The van der Waals surface area contributed by atoms with Crippen LogP contribution in [0, 0.1) is 0 Å². The van der Waals surface area contributed by atoms with Crippen LogP contribution in [0.2, 0.25) is 0 Å². The van der Waals surface area contributed by atoms with Crippen molar-refractivity contribution in [3.8, 4) is 0 Å². The van der Waals surface area contributed by atoms with E-state index in [1.165, 1.54) is 6.92 Å². The van der Waals surface area contributed by atoms with E-state index in [4.69, 9.17) is 9.79 Å². The zero-order chi connectivity index (χ0) is 5.21. The Morgan fingerprint density at radius 1 is 1.57 bits per heavy atom. The molecule has 0 radical (unpaired) electrons. The molecule has 0 spiro atoms. The van der Waals surface area contributed by atoms with Crippen LogP contribution in [0.1, 0.15) is 6.92 Å². The van der Waals surface area contributed by atoms with Crippen LogP contribution in [0.3, 0.4) is 0 Å². The van der Waals surface area contributed by atoms with Crippen LogP contribution in [-0.4, -0.2) is 67.3 Å². The van der Waals surface area contributed by atoms with E-state index >= 15 is 0 Å². The van der Waals surface area contributed by atoms with Gasteiger partial charge in [-0.15, -0.1) is 0 Å². The van der Waals surface area contributed by atoms with Gasteiger partial charge in [0.1, 0.15) is 0 Å². The SMILES string of the molecule is CCP(=O)(O)O.[KH]. The molecule has 0 aromatic heterocycles. The summed E-state index contributed by atoms with van der Waals surface area (Å²) < 4.78 is 9.69. The Morgan fingerprint density at radius 2 is 1.71 bits per heavy atom. The normalized spacial score (nSPS) is 10.1. The monoisotopic (exact) mass is 150 g/mol. The molecule has 0 saturated carbocycles. The van der Waals surface area contributed by atoms with E-state index < -0.39 is 7.60 Å². The summed E-state index contributed by atoms with van der Waals surface area (Å²) in [5.41, 5.74) is 0. The summed E-state index contributed by atoms with van der Waals surface area (Å²) in [5, 5.41) is 0. The Balaban J connectivity index is 0. The molecule has 0 aliphatic carbocycles. The second-order valence-corrected chi connectivity index (χ2v) is 2.94. The van der Waals surface area contributed by atoms with Crippen molar-refractivity contribution in [2.75, 3.05) is 6.16 Å². The Labute approximate surface area is 85.1 Å². The average Bonchev–Trinajstić information content (AvgIpc) is 1.35. The molecule has 0 heterocycles. The molecule has 0 atom stereocenters. The van der Waals surface area contributed by atoms with Gasteiger partial charge in [-0.1, -0.05) is 6.92 Å². The Kier molecular flexibility index (Phi) is 7.68. The fourth-order valence-electron chi connectivity index (χ4n) is 0. The second-order valence-electron chi connectivity index (χ2n) is 0.981. The first-order valence-corrected chi connectivity index (χ1v) is 3.40. The van der Waals surface area contributed by atoms with Crippen LogP contribution >= 0.6 is 7.60 Å². The van der Waals surface area contributed by atoms with Gasteiger partial charge in [0.05, 0.1) is 0 Å². The molecule has 0 bridgehead atoms. The molecular formula is C2H8KO3P. The van der Waals surface area contributed by atoms with Crippen LogP contribution in [0.4, 0.5) is 0 Å². The summed E-state index contributed by atoms with van der Waals surface area (Å²) in [7, 11) is -3.65. The molecule has 0 aliphatic rings. The van der Waals surface area contributed by atoms with Crippen molar-refractivity contribution < 1.29 is 14.4 Å². The van der Waals surface area contributed by atoms with Crippen LogP contribution < -0.4 is 0 Å². The molecule has 0 fully saturated rings. The third-order valence-corrected chi connectivity index (χ3v) is 1.24. The molecule has 0 aliphatic heterocycles. The van der Waals surface area contributed by atoms with Gasteiger partial charge in [-0.3, -0.25) is 4.57 Å². The quantitative estimate of drug-likeness (QED) is 0.392. The third-order valence-electron chi connectivity index (χ3n) is 0.412. The van der Waals surface area contributed by atoms with Gasteiger partial charge < -0.3 is 9.79 Å². The fourth-order valence-corrected chi connectivity index (χ4v) is 0. The van der Waals surface area contributed by atoms with E-state index in [1.54, 1.807) is 0 Å². The van der Waals surface area contributed by atoms with Crippen molar-refractivity contribution >= 4 is 59.0 Å². The van der Waals surface area contributed by atoms with Crippen molar-refractivity contribution in [1.82, 2.24) is 0 Å². The predicted molar refractivity (Wildman–Crippen MR) is 29.7 cm³/mol. The number of hydrogen-bond acceptors (Lipinski definition) is 1. The van der Waals surface area contributed by atoms with Gasteiger partial charge in [0, 0.05) is 6.16 Å². The van der Waals surface area contributed by atoms with Gasteiger partial charge in [0.15, 0.2) is 0 Å². The first-order chi connectivity index (χ1) is 2.56. The maximum atomic E-state index is 9.69. The molecule has 5 heteroatoms. The van der Waals surface area contributed by atoms with E-state index in [0.717, 1.165) is 0 Å². The first-order valence-electron chi connectivity index (χ1n) is 1.61. The summed E-state index contributed by atoms with van der Waals surface area (Å²) >= 11 is 0. The van der Waals surface area contributed by atoms with Crippen molar-refractivity contribution in [3.63, 3.8) is 0 Å². The maximum absolute atomic E-state index is 9.69. The summed E-state index contributed by atoms with van der Waals surface area (Å²) in [5.74, 6) is 0. The zero-order valence-corrected chi connectivity index (χ0v) is 4.35. The first kappa shape index (κ1) is 11.6. The van der Waals surface area contributed by atoms with E-state index in [2.05, 4.69) is 0 Å². The minimum absolute atomic E-state index is 0. The molecule has 0 unspecified atom stereocenters. The van der Waals surface area contributed by atoms with Crippen LogP contribution in [0.15, 0.2) is 0 Å². The van der Waals surface area contributed by atoms with Crippen LogP contribution in [0.5, 0.6) is 0 Å². The number of rotatable bonds is 1. The average molecular weight is 150 g/mol. The minimum atomic E-state index is -3.65. The molecule has 0 amide bonds. The van der Waals surface area contributed by atoms with Gasteiger partial charge in [-0.25, -0.2) is 0 Å². The fraction of sp³-hybridized carbons (Fsp3) is 1.00. The molecule has 0 rings (SSSR count). The molecule has 40 valence electrons. The van der Waals surface area contributed by atoms with Crippen molar-refractivity contribution in [2.24, 2.45) is 0 Å². The van der Waals surface area contributed by atoms with Crippen LogP contribution in [-0.2, 0) is 4.57 Å².